The lowest BCUT2D eigenvalue weighted by Gasteiger charge is -2.28. The van der Waals surface area contributed by atoms with Crippen molar-refractivity contribution < 1.29 is 9.53 Å². The lowest BCUT2D eigenvalue weighted by atomic mass is 10.4. The zero-order valence-electron chi connectivity index (χ0n) is 19.1. The molecule has 0 aromatic heterocycles. The molecular formula is C28H31O2PSi. The molecule has 0 saturated carbocycles. The van der Waals surface area contributed by atoms with Crippen LogP contribution in [-0.2, 0) is 9.53 Å². The van der Waals surface area contributed by atoms with Gasteiger partial charge in [0.2, 0.25) is 0 Å². The smallest absolute Gasteiger partial charge is 0.331 e. The van der Waals surface area contributed by atoms with E-state index in [1.165, 1.54) is 0 Å². The van der Waals surface area contributed by atoms with E-state index >= 15 is 0 Å². The molecule has 0 saturated heterocycles. The summed E-state index contributed by atoms with van der Waals surface area (Å²) in [5, 5.41) is 3.39. The number of carbonyl (C=O) groups excluding carboxylic acids is 1. The first-order valence-electron chi connectivity index (χ1n) is 11.0. The van der Waals surface area contributed by atoms with Crippen molar-refractivity contribution >= 4 is 42.6 Å². The fourth-order valence-electron chi connectivity index (χ4n) is 3.47. The molecule has 3 rings (SSSR count). The van der Waals surface area contributed by atoms with Crippen LogP contribution in [0.15, 0.2) is 91.0 Å². The zero-order chi connectivity index (χ0) is 22.9. The van der Waals surface area contributed by atoms with Gasteiger partial charge in [-0.2, -0.15) is 0 Å². The normalized spacial score (nSPS) is 11.2. The predicted octanol–water partition coefficient (Wildman–Crippen LogP) is 5.06. The highest BCUT2D eigenvalue weighted by atomic mass is 31.2. The molecule has 0 spiro atoms. The van der Waals surface area contributed by atoms with Gasteiger partial charge in [0.1, 0.15) is 6.61 Å². The number of benzene rings is 3. The van der Waals surface area contributed by atoms with Gasteiger partial charge in [-0.05, 0) is 22.8 Å². The number of carbonyl (C=O) groups is 1. The molecule has 3 aromatic carbocycles. The van der Waals surface area contributed by atoms with Gasteiger partial charge in [0.05, 0.1) is 8.07 Å². The van der Waals surface area contributed by atoms with Crippen LogP contribution in [0.2, 0.25) is 25.7 Å². The second kappa shape index (κ2) is 11.2. The van der Waals surface area contributed by atoms with Gasteiger partial charge in [0.15, 0.2) is 0 Å². The third kappa shape index (κ3) is 6.36. The Labute approximate surface area is 193 Å². The summed E-state index contributed by atoms with van der Waals surface area (Å²) in [7, 11) is -1.17. The van der Waals surface area contributed by atoms with E-state index in [0.717, 1.165) is 22.0 Å². The second-order valence-corrected chi connectivity index (χ2v) is 17.6. The average molecular weight is 459 g/mol. The van der Waals surface area contributed by atoms with Gasteiger partial charge in [-0.15, -0.1) is 11.8 Å². The minimum atomic E-state index is -2.32. The summed E-state index contributed by atoms with van der Waals surface area (Å²) in [6.07, 6.45) is 0.567. The largest absolute Gasteiger partial charge is 0.461 e. The van der Waals surface area contributed by atoms with Gasteiger partial charge in [0, 0.05) is 18.3 Å². The summed E-state index contributed by atoms with van der Waals surface area (Å²) in [5.74, 6) is 7.93. The van der Waals surface area contributed by atoms with Crippen molar-refractivity contribution in [1.82, 2.24) is 0 Å². The lowest BCUT2D eigenvalue weighted by molar-refractivity contribution is -0.134. The molecule has 0 aliphatic heterocycles. The summed E-state index contributed by atoms with van der Waals surface area (Å²) in [6.45, 7) is 4.90. The number of rotatable bonds is 7. The van der Waals surface area contributed by atoms with E-state index in [1.54, 1.807) is 0 Å². The Morgan fingerprint density at radius 3 is 1.62 bits per heavy atom. The van der Waals surface area contributed by atoms with Crippen LogP contribution in [0.4, 0.5) is 0 Å². The molecule has 0 amide bonds. The van der Waals surface area contributed by atoms with Crippen LogP contribution in [0.1, 0.15) is 6.42 Å². The lowest BCUT2D eigenvalue weighted by Crippen LogP contribution is -2.29. The number of hydrogen-bond donors (Lipinski definition) is 0. The molecule has 0 atom stereocenters. The molecule has 0 unspecified atom stereocenters. The molecule has 0 N–H and O–H groups in total. The third-order valence-corrected chi connectivity index (χ3v) is 10.2. The first-order chi connectivity index (χ1) is 15.4. The van der Waals surface area contributed by atoms with E-state index in [2.05, 4.69) is 67.9 Å². The Morgan fingerprint density at radius 1 is 0.781 bits per heavy atom. The van der Waals surface area contributed by atoms with E-state index in [0.29, 0.717) is 13.0 Å². The van der Waals surface area contributed by atoms with Crippen molar-refractivity contribution in [3.05, 3.63) is 91.0 Å². The Hall–Kier alpha value is -2.79. The van der Waals surface area contributed by atoms with Crippen LogP contribution in [0.3, 0.4) is 0 Å². The van der Waals surface area contributed by atoms with Crippen molar-refractivity contribution in [2.75, 3.05) is 6.61 Å². The number of ether oxygens (including phenoxy) is 1. The maximum absolute atomic E-state index is 13.1. The van der Waals surface area contributed by atoms with Crippen molar-refractivity contribution in [3.63, 3.8) is 0 Å². The van der Waals surface area contributed by atoms with Gasteiger partial charge >= 0.3 is 5.97 Å². The second-order valence-electron chi connectivity index (χ2n) is 8.87. The zero-order valence-corrected chi connectivity index (χ0v) is 21.0. The van der Waals surface area contributed by atoms with Crippen LogP contribution in [0.5, 0.6) is 0 Å². The maximum atomic E-state index is 13.1. The summed E-state index contributed by atoms with van der Waals surface area (Å²) >= 11 is 0. The molecule has 2 nitrogen and oxygen atoms in total. The van der Waals surface area contributed by atoms with E-state index < -0.39 is 15.0 Å². The highest BCUT2D eigenvalue weighted by Gasteiger charge is 2.26. The van der Waals surface area contributed by atoms with Crippen molar-refractivity contribution in [2.24, 2.45) is 0 Å². The molecule has 164 valence electrons. The van der Waals surface area contributed by atoms with Crippen LogP contribution in [0.25, 0.3) is 0 Å². The minimum Gasteiger partial charge on any atom is -0.461 e. The van der Waals surface area contributed by atoms with Gasteiger partial charge in [0.25, 0.3) is 0 Å². The Morgan fingerprint density at radius 2 is 1.22 bits per heavy atom. The molecular weight excluding hydrogens is 427 g/mol. The predicted molar refractivity (Wildman–Crippen MR) is 143 cm³/mol. The van der Waals surface area contributed by atoms with E-state index in [1.807, 2.05) is 60.4 Å². The number of hydrogen-bond acceptors (Lipinski definition) is 2. The highest BCUT2D eigenvalue weighted by Crippen LogP contribution is 2.43. The first-order valence-corrected chi connectivity index (χ1v) is 16.5. The average Bonchev–Trinajstić information content (AvgIpc) is 2.81. The van der Waals surface area contributed by atoms with Gasteiger partial charge in [-0.1, -0.05) is 111 Å². The van der Waals surface area contributed by atoms with Crippen molar-refractivity contribution in [1.29, 1.82) is 0 Å². The minimum absolute atomic E-state index is 0.290. The van der Waals surface area contributed by atoms with Gasteiger partial charge in [-0.3, -0.25) is 0 Å². The van der Waals surface area contributed by atoms with Crippen molar-refractivity contribution in [3.8, 4) is 11.8 Å². The van der Waals surface area contributed by atoms with Crippen LogP contribution < -0.4 is 15.9 Å². The SMILES string of the molecule is C[Si](C)(C)CC#CCCOC(=O)C=P(c1ccccc1)(c1ccccc1)c1ccccc1. The standard InChI is InChI=1S/C28H31O2PSi/c1-32(2,3)23-15-7-14-22-30-28(29)24-31(25-16-8-4-9-17-25,26-18-10-5-11-19-26)27-20-12-6-13-21-27/h4-6,8-13,16-21,24H,14,22-23H2,1-3H3. The molecule has 0 aliphatic rings. The molecule has 0 heterocycles. The molecule has 3 aromatic rings. The summed E-state index contributed by atoms with van der Waals surface area (Å²) < 4.78 is 5.64. The van der Waals surface area contributed by atoms with E-state index in [-0.39, 0.29) is 5.97 Å². The van der Waals surface area contributed by atoms with Gasteiger partial charge < -0.3 is 4.74 Å². The molecule has 4 heteroatoms. The first kappa shape index (κ1) is 23.9. The Kier molecular flexibility index (Phi) is 8.34. The molecule has 0 bridgehead atoms. The van der Waals surface area contributed by atoms with Crippen LogP contribution >= 0.6 is 6.89 Å². The molecule has 0 radical (unpaired) electrons. The fourth-order valence-corrected chi connectivity index (χ4v) is 7.79. The summed E-state index contributed by atoms with van der Waals surface area (Å²) in [4.78, 5) is 13.1. The van der Waals surface area contributed by atoms with Crippen LogP contribution in [0, 0.1) is 11.8 Å². The maximum Gasteiger partial charge on any atom is 0.331 e. The Balaban J connectivity index is 1.98. The Bertz CT molecular complexity index is 1020. The number of esters is 1. The quantitative estimate of drug-likeness (QED) is 0.163. The molecule has 0 aliphatic carbocycles. The molecule has 32 heavy (non-hydrogen) atoms. The van der Waals surface area contributed by atoms with Crippen LogP contribution in [-0.4, -0.2) is 26.4 Å². The summed E-state index contributed by atoms with van der Waals surface area (Å²) in [6, 6.07) is 31.8. The topological polar surface area (TPSA) is 26.3 Å². The summed E-state index contributed by atoms with van der Waals surface area (Å²) in [5.41, 5.74) is 0. The van der Waals surface area contributed by atoms with E-state index in [9.17, 15) is 4.79 Å². The van der Waals surface area contributed by atoms with Gasteiger partial charge in [-0.25, -0.2) is 4.79 Å². The molecule has 0 fully saturated rings. The third-order valence-electron chi connectivity index (χ3n) is 5.00. The highest BCUT2D eigenvalue weighted by molar-refractivity contribution is 7.95. The van der Waals surface area contributed by atoms with Crippen molar-refractivity contribution in [2.45, 2.75) is 32.1 Å². The fraction of sp³-hybridized carbons (Fsp3) is 0.214. The van der Waals surface area contributed by atoms with E-state index in [4.69, 9.17) is 4.74 Å². The monoisotopic (exact) mass is 458 g/mol.